The molecule has 0 radical (unpaired) electrons. The summed E-state index contributed by atoms with van der Waals surface area (Å²) in [5.41, 5.74) is 0.764. The Hall–Kier alpha value is -0.970. The average Bonchev–Trinajstić information content (AvgIpc) is 3.07. The van der Waals surface area contributed by atoms with E-state index in [0.717, 1.165) is 12.1 Å². The van der Waals surface area contributed by atoms with Gasteiger partial charge in [-0.25, -0.2) is 0 Å². The molecule has 0 amide bonds. The van der Waals surface area contributed by atoms with Crippen LogP contribution in [0.4, 0.5) is 13.2 Å². The van der Waals surface area contributed by atoms with Crippen molar-refractivity contribution >= 4 is 11.6 Å². The van der Waals surface area contributed by atoms with Crippen molar-refractivity contribution in [2.75, 3.05) is 6.61 Å². The molecule has 0 aliphatic heterocycles. The fourth-order valence-electron chi connectivity index (χ4n) is 2.20. The molecule has 106 valence electrons. The first-order valence-electron chi connectivity index (χ1n) is 6.13. The van der Waals surface area contributed by atoms with Gasteiger partial charge in [-0.3, -0.25) is 4.98 Å². The molecule has 2 rings (SSSR count). The molecular weight excluding hydrogens is 279 g/mol. The van der Waals surface area contributed by atoms with Crippen molar-refractivity contribution in [3.8, 4) is 5.75 Å². The Morgan fingerprint density at radius 3 is 2.68 bits per heavy atom. The van der Waals surface area contributed by atoms with Gasteiger partial charge < -0.3 is 4.74 Å². The fraction of sp³-hybridized carbons (Fsp3) is 0.615. The molecule has 0 unspecified atom stereocenters. The van der Waals surface area contributed by atoms with E-state index in [1.54, 1.807) is 0 Å². The Morgan fingerprint density at radius 1 is 1.47 bits per heavy atom. The van der Waals surface area contributed by atoms with E-state index in [4.69, 9.17) is 16.3 Å². The second-order valence-electron chi connectivity index (χ2n) is 5.19. The lowest BCUT2D eigenvalue weighted by Gasteiger charge is -2.11. The number of hydrogen-bond acceptors (Lipinski definition) is 2. The van der Waals surface area contributed by atoms with Crippen molar-refractivity contribution < 1.29 is 17.9 Å². The molecule has 0 N–H and O–H groups in total. The quantitative estimate of drug-likeness (QED) is 0.819. The predicted octanol–water partition coefficient (Wildman–Crippen LogP) is 4.44. The lowest BCUT2D eigenvalue weighted by molar-refractivity contribution is -0.153. The topological polar surface area (TPSA) is 22.1 Å². The van der Waals surface area contributed by atoms with Gasteiger partial charge in [-0.2, -0.15) is 13.2 Å². The first kappa shape index (κ1) is 14.4. The Morgan fingerprint density at radius 2 is 2.16 bits per heavy atom. The first-order valence-corrected chi connectivity index (χ1v) is 6.50. The Balaban J connectivity index is 2.08. The van der Waals surface area contributed by atoms with Gasteiger partial charge in [-0.15, -0.1) is 0 Å². The molecule has 6 heteroatoms. The number of halogens is 4. The van der Waals surface area contributed by atoms with Crippen LogP contribution in [0.2, 0.25) is 5.02 Å². The molecule has 1 aliphatic rings. The lowest BCUT2D eigenvalue weighted by Crippen LogP contribution is -2.19. The number of rotatable bonds is 4. The van der Waals surface area contributed by atoms with E-state index in [1.807, 2.05) is 0 Å². The van der Waals surface area contributed by atoms with Gasteiger partial charge in [0, 0.05) is 23.9 Å². The SMILES string of the molecule is CC(C)[C@H]1C[C@@H]1c1cc(OCC(F)(F)F)c(Cl)cn1. The highest BCUT2D eigenvalue weighted by molar-refractivity contribution is 6.31. The van der Waals surface area contributed by atoms with E-state index in [9.17, 15) is 13.2 Å². The number of pyridine rings is 1. The number of nitrogens with zero attached hydrogens (tertiary/aromatic N) is 1. The van der Waals surface area contributed by atoms with Crippen molar-refractivity contribution in [3.63, 3.8) is 0 Å². The van der Waals surface area contributed by atoms with Crippen LogP contribution in [-0.4, -0.2) is 17.8 Å². The highest BCUT2D eigenvalue weighted by Crippen LogP contribution is 2.51. The Kier molecular flexibility index (Phi) is 3.95. The second kappa shape index (κ2) is 5.19. The summed E-state index contributed by atoms with van der Waals surface area (Å²) in [5.74, 6) is 1.45. The third kappa shape index (κ3) is 3.75. The van der Waals surface area contributed by atoms with Crippen molar-refractivity contribution in [1.82, 2.24) is 4.98 Å². The maximum atomic E-state index is 12.1. The molecule has 0 spiro atoms. The molecular formula is C13H15ClF3NO. The molecule has 1 aromatic rings. The standard InChI is InChI=1S/C13H15ClF3NO/c1-7(2)8-3-9(8)11-4-12(10(14)5-18-11)19-6-13(15,16)17/h4-5,7-9H,3,6H2,1-2H3/t8-,9+/m1/s1. The molecule has 2 nitrogen and oxygen atoms in total. The van der Waals surface area contributed by atoms with E-state index in [2.05, 4.69) is 18.8 Å². The number of ether oxygens (including phenoxy) is 1. The van der Waals surface area contributed by atoms with Crippen molar-refractivity contribution in [3.05, 3.63) is 23.0 Å². The zero-order valence-corrected chi connectivity index (χ0v) is 11.4. The number of hydrogen-bond donors (Lipinski definition) is 0. The van der Waals surface area contributed by atoms with Gasteiger partial charge in [0.05, 0.1) is 0 Å². The summed E-state index contributed by atoms with van der Waals surface area (Å²) in [4.78, 5) is 4.18. The van der Waals surface area contributed by atoms with Crippen LogP contribution in [0.1, 0.15) is 31.9 Å². The molecule has 19 heavy (non-hydrogen) atoms. The minimum absolute atomic E-state index is 0.0541. The summed E-state index contributed by atoms with van der Waals surface area (Å²) in [5, 5.41) is 0.106. The molecule has 0 aromatic carbocycles. The Labute approximate surface area is 114 Å². The predicted molar refractivity (Wildman–Crippen MR) is 66.5 cm³/mol. The van der Waals surface area contributed by atoms with E-state index < -0.39 is 12.8 Å². The van der Waals surface area contributed by atoms with Gasteiger partial charge >= 0.3 is 6.18 Å². The zero-order chi connectivity index (χ0) is 14.2. The van der Waals surface area contributed by atoms with Crippen LogP contribution in [-0.2, 0) is 0 Å². The minimum Gasteiger partial charge on any atom is -0.482 e. The number of aromatic nitrogens is 1. The zero-order valence-electron chi connectivity index (χ0n) is 10.7. The molecule has 1 saturated carbocycles. The van der Waals surface area contributed by atoms with Crippen LogP contribution in [0.15, 0.2) is 12.3 Å². The third-order valence-electron chi connectivity index (χ3n) is 3.31. The lowest BCUT2D eigenvalue weighted by atomic mass is 10.1. The molecule has 1 fully saturated rings. The van der Waals surface area contributed by atoms with E-state index >= 15 is 0 Å². The largest absolute Gasteiger partial charge is 0.482 e. The molecule has 1 aliphatic carbocycles. The van der Waals surface area contributed by atoms with Crippen LogP contribution in [0.3, 0.4) is 0 Å². The van der Waals surface area contributed by atoms with Crippen molar-refractivity contribution in [2.45, 2.75) is 32.4 Å². The van der Waals surface area contributed by atoms with Gasteiger partial charge in [-0.05, 0) is 18.3 Å². The summed E-state index contributed by atoms with van der Waals surface area (Å²) in [6.45, 7) is 2.91. The maximum Gasteiger partial charge on any atom is 0.422 e. The van der Waals surface area contributed by atoms with Crippen LogP contribution in [0, 0.1) is 11.8 Å². The maximum absolute atomic E-state index is 12.1. The van der Waals surface area contributed by atoms with Gasteiger partial charge in [0.15, 0.2) is 6.61 Å². The van der Waals surface area contributed by atoms with E-state index in [1.165, 1.54) is 12.3 Å². The highest BCUT2D eigenvalue weighted by atomic mass is 35.5. The summed E-state index contributed by atoms with van der Waals surface area (Å²) in [6.07, 6.45) is -1.99. The van der Waals surface area contributed by atoms with E-state index in [-0.39, 0.29) is 10.8 Å². The Bertz CT molecular complexity index is 462. The normalized spacial score (nSPS) is 22.7. The van der Waals surface area contributed by atoms with Crippen LogP contribution < -0.4 is 4.74 Å². The van der Waals surface area contributed by atoms with E-state index in [0.29, 0.717) is 17.8 Å². The minimum atomic E-state index is -4.37. The monoisotopic (exact) mass is 293 g/mol. The van der Waals surface area contributed by atoms with Crippen molar-refractivity contribution in [1.29, 1.82) is 0 Å². The van der Waals surface area contributed by atoms with Gasteiger partial charge in [0.1, 0.15) is 10.8 Å². The van der Waals surface area contributed by atoms with Crippen molar-refractivity contribution in [2.24, 2.45) is 11.8 Å². The smallest absolute Gasteiger partial charge is 0.422 e. The van der Waals surface area contributed by atoms with Crippen LogP contribution >= 0.6 is 11.6 Å². The molecule has 1 aromatic heterocycles. The van der Waals surface area contributed by atoms with Crippen LogP contribution in [0.25, 0.3) is 0 Å². The summed E-state index contributed by atoms with van der Waals surface area (Å²) in [6, 6.07) is 1.53. The molecule has 0 saturated heterocycles. The summed E-state index contributed by atoms with van der Waals surface area (Å²) >= 11 is 5.79. The second-order valence-corrected chi connectivity index (χ2v) is 5.60. The average molecular weight is 294 g/mol. The first-order chi connectivity index (χ1) is 8.78. The number of alkyl halides is 3. The van der Waals surface area contributed by atoms with Gasteiger partial charge in [-0.1, -0.05) is 25.4 Å². The summed E-state index contributed by atoms with van der Waals surface area (Å²) < 4.78 is 41.1. The van der Waals surface area contributed by atoms with Crippen LogP contribution in [0.5, 0.6) is 5.75 Å². The van der Waals surface area contributed by atoms with Gasteiger partial charge in [0.2, 0.25) is 0 Å². The fourth-order valence-corrected chi connectivity index (χ4v) is 2.36. The molecule has 1 heterocycles. The highest BCUT2D eigenvalue weighted by Gasteiger charge is 2.41. The molecule has 2 atom stereocenters. The summed E-state index contributed by atoms with van der Waals surface area (Å²) in [7, 11) is 0. The third-order valence-corrected chi connectivity index (χ3v) is 3.59. The molecule has 0 bridgehead atoms. The van der Waals surface area contributed by atoms with Gasteiger partial charge in [0.25, 0.3) is 0 Å².